The first-order valence-corrected chi connectivity index (χ1v) is 9.79. The molecule has 0 aliphatic carbocycles. The van der Waals surface area contributed by atoms with Crippen molar-refractivity contribution in [3.63, 3.8) is 0 Å². The van der Waals surface area contributed by atoms with Gasteiger partial charge in [0.05, 0.1) is 12.8 Å². The molecule has 5 rings (SSSR count). The zero-order valence-corrected chi connectivity index (χ0v) is 16.6. The Labute approximate surface area is 168 Å². The Morgan fingerprint density at radius 1 is 1.17 bits per heavy atom. The number of nitrogens with one attached hydrogen (secondary N) is 1. The number of hydrogen-bond donors (Lipinski definition) is 2. The normalized spacial score (nSPS) is 15.5. The van der Waals surface area contributed by atoms with E-state index in [0.29, 0.717) is 12.1 Å². The Morgan fingerprint density at radius 3 is 2.72 bits per heavy atom. The standard InChI is InChI=1S/C23H23N3O3/c1-13(2)25-22(27)19-12-17-16-9-4-5-10-18(16)24-20(17)21(26(19)23(25)28)14-7-6-8-15(11-14)29-3/h4-11,13,21,24,27H,12H2,1-3H3. The van der Waals surface area contributed by atoms with Gasteiger partial charge in [-0.05, 0) is 43.2 Å². The molecule has 0 amide bonds. The number of ether oxygens (including phenoxy) is 1. The molecule has 3 heterocycles. The highest BCUT2D eigenvalue weighted by Crippen LogP contribution is 2.41. The lowest BCUT2D eigenvalue weighted by atomic mass is 9.93. The number of aromatic nitrogens is 3. The summed E-state index contributed by atoms with van der Waals surface area (Å²) in [4.78, 5) is 16.9. The molecule has 6 nitrogen and oxygen atoms in total. The number of rotatable bonds is 3. The maximum atomic E-state index is 13.4. The maximum absolute atomic E-state index is 13.4. The average molecular weight is 389 g/mol. The quantitative estimate of drug-likeness (QED) is 0.490. The summed E-state index contributed by atoms with van der Waals surface area (Å²) in [5, 5.41) is 12.1. The van der Waals surface area contributed by atoms with Gasteiger partial charge in [-0.15, -0.1) is 0 Å². The second-order valence-corrected chi connectivity index (χ2v) is 7.81. The van der Waals surface area contributed by atoms with E-state index < -0.39 is 0 Å². The van der Waals surface area contributed by atoms with Crippen LogP contribution in [0.4, 0.5) is 0 Å². The van der Waals surface area contributed by atoms with Crippen molar-refractivity contribution in [2.45, 2.75) is 32.4 Å². The van der Waals surface area contributed by atoms with Gasteiger partial charge in [0, 0.05) is 29.1 Å². The summed E-state index contributed by atoms with van der Waals surface area (Å²) in [6.45, 7) is 3.81. The molecule has 0 saturated carbocycles. The van der Waals surface area contributed by atoms with Crippen molar-refractivity contribution in [2.24, 2.45) is 0 Å². The third-order valence-electron chi connectivity index (χ3n) is 5.84. The number of benzene rings is 2. The van der Waals surface area contributed by atoms with Crippen LogP contribution in [0.5, 0.6) is 11.6 Å². The van der Waals surface area contributed by atoms with Crippen LogP contribution in [0, 0.1) is 0 Å². The molecule has 0 fully saturated rings. The first-order valence-electron chi connectivity index (χ1n) is 9.79. The number of methoxy groups -OCH3 is 1. The Bertz CT molecular complexity index is 1290. The fourth-order valence-corrected chi connectivity index (χ4v) is 4.53. The molecule has 29 heavy (non-hydrogen) atoms. The van der Waals surface area contributed by atoms with Gasteiger partial charge in [0.25, 0.3) is 0 Å². The third-order valence-corrected chi connectivity index (χ3v) is 5.84. The van der Waals surface area contributed by atoms with Crippen molar-refractivity contribution in [3.05, 3.63) is 81.5 Å². The molecule has 0 bridgehead atoms. The van der Waals surface area contributed by atoms with E-state index in [1.165, 1.54) is 4.57 Å². The van der Waals surface area contributed by atoms with E-state index in [0.717, 1.165) is 33.5 Å². The van der Waals surface area contributed by atoms with Crippen molar-refractivity contribution >= 4 is 10.9 Å². The number of H-pyrrole nitrogens is 1. The van der Waals surface area contributed by atoms with Crippen LogP contribution in [0.15, 0.2) is 53.3 Å². The van der Waals surface area contributed by atoms with Crippen LogP contribution >= 0.6 is 0 Å². The van der Waals surface area contributed by atoms with Crippen molar-refractivity contribution < 1.29 is 9.84 Å². The number of nitrogens with zero attached hydrogens (tertiary/aromatic N) is 2. The highest BCUT2D eigenvalue weighted by Gasteiger charge is 2.35. The van der Waals surface area contributed by atoms with Crippen LogP contribution in [0.2, 0.25) is 0 Å². The van der Waals surface area contributed by atoms with E-state index in [2.05, 4.69) is 11.1 Å². The summed E-state index contributed by atoms with van der Waals surface area (Å²) < 4.78 is 8.62. The predicted molar refractivity (Wildman–Crippen MR) is 112 cm³/mol. The summed E-state index contributed by atoms with van der Waals surface area (Å²) in [7, 11) is 1.63. The molecule has 4 aromatic rings. The molecule has 148 valence electrons. The maximum Gasteiger partial charge on any atom is 0.332 e. The van der Waals surface area contributed by atoms with E-state index in [-0.39, 0.29) is 23.7 Å². The molecule has 2 N–H and O–H groups in total. The highest BCUT2D eigenvalue weighted by molar-refractivity contribution is 5.86. The number of aromatic hydroxyl groups is 1. The lowest BCUT2D eigenvalue weighted by Gasteiger charge is -2.26. The predicted octanol–water partition coefficient (Wildman–Crippen LogP) is 3.97. The number of aromatic amines is 1. The Kier molecular flexibility index (Phi) is 3.84. The second-order valence-electron chi connectivity index (χ2n) is 7.81. The summed E-state index contributed by atoms with van der Waals surface area (Å²) in [5.74, 6) is 0.779. The van der Waals surface area contributed by atoms with Crippen molar-refractivity contribution in [1.29, 1.82) is 0 Å². The molecule has 2 aromatic heterocycles. The molecule has 0 spiro atoms. The largest absolute Gasteiger partial charge is 0.497 e. The number of para-hydroxylation sites is 1. The zero-order chi connectivity index (χ0) is 20.3. The van der Waals surface area contributed by atoms with E-state index in [4.69, 9.17) is 4.74 Å². The Balaban J connectivity index is 1.85. The first-order chi connectivity index (χ1) is 14.0. The van der Waals surface area contributed by atoms with E-state index in [9.17, 15) is 9.90 Å². The van der Waals surface area contributed by atoms with Gasteiger partial charge in [-0.25, -0.2) is 4.79 Å². The highest BCUT2D eigenvalue weighted by atomic mass is 16.5. The number of fused-ring (bicyclic) bond motifs is 4. The number of hydrogen-bond acceptors (Lipinski definition) is 3. The summed E-state index contributed by atoms with van der Waals surface area (Å²) in [5.41, 5.74) is 4.50. The van der Waals surface area contributed by atoms with Crippen molar-refractivity contribution in [1.82, 2.24) is 14.1 Å². The molecular formula is C23H23N3O3. The molecule has 1 unspecified atom stereocenters. The summed E-state index contributed by atoms with van der Waals surface area (Å²) in [6, 6.07) is 15.4. The molecule has 2 aromatic carbocycles. The van der Waals surface area contributed by atoms with Gasteiger partial charge in [-0.2, -0.15) is 0 Å². The van der Waals surface area contributed by atoms with Crippen LogP contribution in [0.25, 0.3) is 10.9 Å². The lowest BCUT2D eigenvalue weighted by molar-refractivity contribution is 0.391. The summed E-state index contributed by atoms with van der Waals surface area (Å²) in [6.07, 6.45) is 0.501. The van der Waals surface area contributed by atoms with Gasteiger partial charge in [0.1, 0.15) is 11.8 Å². The minimum absolute atomic E-state index is 0.0498. The van der Waals surface area contributed by atoms with Crippen LogP contribution in [0.3, 0.4) is 0 Å². The topological polar surface area (TPSA) is 72.2 Å². The smallest absolute Gasteiger partial charge is 0.332 e. The van der Waals surface area contributed by atoms with Gasteiger partial charge >= 0.3 is 5.69 Å². The first kappa shape index (κ1) is 17.7. The third kappa shape index (κ3) is 2.45. The molecule has 1 atom stereocenters. The van der Waals surface area contributed by atoms with Crippen molar-refractivity contribution in [3.8, 4) is 11.6 Å². The minimum Gasteiger partial charge on any atom is -0.497 e. The molecule has 0 saturated heterocycles. The van der Waals surface area contributed by atoms with Gasteiger partial charge < -0.3 is 14.8 Å². The van der Waals surface area contributed by atoms with Gasteiger partial charge in [-0.1, -0.05) is 30.3 Å². The molecule has 1 aliphatic rings. The summed E-state index contributed by atoms with van der Waals surface area (Å²) >= 11 is 0. The fraction of sp³-hybridized carbons (Fsp3) is 0.261. The fourth-order valence-electron chi connectivity index (χ4n) is 4.53. The van der Waals surface area contributed by atoms with Crippen LogP contribution in [-0.2, 0) is 6.42 Å². The van der Waals surface area contributed by atoms with E-state index in [1.54, 1.807) is 11.7 Å². The minimum atomic E-state index is -0.366. The Hall–Kier alpha value is -3.41. The van der Waals surface area contributed by atoms with Gasteiger partial charge in [-0.3, -0.25) is 9.13 Å². The molecule has 0 radical (unpaired) electrons. The van der Waals surface area contributed by atoms with E-state index in [1.807, 2.05) is 56.3 Å². The molecular weight excluding hydrogens is 366 g/mol. The van der Waals surface area contributed by atoms with Crippen LogP contribution in [-0.4, -0.2) is 26.3 Å². The second kappa shape index (κ2) is 6.30. The lowest BCUT2D eigenvalue weighted by Crippen LogP contribution is -2.33. The Morgan fingerprint density at radius 2 is 1.97 bits per heavy atom. The monoisotopic (exact) mass is 389 g/mol. The van der Waals surface area contributed by atoms with E-state index >= 15 is 0 Å². The zero-order valence-electron chi connectivity index (χ0n) is 16.6. The SMILES string of the molecule is COc1cccc(C2c3[nH]c4ccccc4c3Cc3c(O)n(C(C)C)c(=O)n32)c1. The molecule has 1 aliphatic heterocycles. The van der Waals surface area contributed by atoms with Crippen LogP contribution < -0.4 is 10.4 Å². The van der Waals surface area contributed by atoms with Gasteiger partial charge in [0.2, 0.25) is 5.88 Å². The van der Waals surface area contributed by atoms with Crippen molar-refractivity contribution in [2.75, 3.05) is 7.11 Å². The molecule has 6 heteroatoms. The van der Waals surface area contributed by atoms with Crippen LogP contribution in [0.1, 0.15) is 48.4 Å². The average Bonchev–Trinajstić information content (AvgIpc) is 3.21. The van der Waals surface area contributed by atoms with Gasteiger partial charge in [0.15, 0.2) is 0 Å². The number of imidazole rings is 1.